The summed E-state index contributed by atoms with van der Waals surface area (Å²) < 4.78 is 5.31. The second-order valence-electron chi connectivity index (χ2n) is 4.14. The summed E-state index contributed by atoms with van der Waals surface area (Å²) in [5.41, 5.74) is 4.65. The summed E-state index contributed by atoms with van der Waals surface area (Å²) in [5.74, 6) is 6.35. The molecule has 0 aliphatic rings. The first-order chi connectivity index (χ1) is 9.24. The molecule has 100 valence electrons. The van der Waals surface area contributed by atoms with E-state index in [0.29, 0.717) is 17.2 Å². The van der Waals surface area contributed by atoms with Crippen LogP contribution >= 0.6 is 11.6 Å². The second-order valence-corrected chi connectivity index (χ2v) is 4.58. The first kappa shape index (κ1) is 13.8. The highest BCUT2D eigenvalue weighted by atomic mass is 35.5. The van der Waals surface area contributed by atoms with Crippen molar-refractivity contribution in [2.45, 2.75) is 12.5 Å². The van der Waals surface area contributed by atoms with Crippen molar-refractivity contribution >= 4 is 11.6 Å². The lowest BCUT2D eigenvalue weighted by Gasteiger charge is -2.18. The maximum absolute atomic E-state index is 5.98. The van der Waals surface area contributed by atoms with Gasteiger partial charge in [-0.15, -0.1) is 0 Å². The quantitative estimate of drug-likeness (QED) is 0.651. The van der Waals surface area contributed by atoms with Crippen LogP contribution in [-0.2, 0) is 6.42 Å². The summed E-state index contributed by atoms with van der Waals surface area (Å²) in [6, 6.07) is 11.3. The van der Waals surface area contributed by atoms with Gasteiger partial charge in [0.05, 0.1) is 13.2 Å². The van der Waals surface area contributed by atoms with Gasteiger partial charge in [0.15, 0.2) is 0 Å². The molecule has 1 heterocycles. The van der Waals surface area contributed by atoms with E-state index in [1.165, 1.54) is 0 Å². The lowest BCUT2D eigenvalue weighted by molar-refractivity contribution is 0.394. The van der Waals surface area contributed by atoms with Crippen LogP contribution in [-0.4, -0.2) is 12.1 Å². The first-order valence-electron chi connectivity index (χ1n) is 5.94. The second kappa shape index (κ2) is 6.52. The maximum Gasteiger partial charge on any atom is 0.142 e. The Morgan fingerprint density at radius 2 is 2.21 bits per heavy atom. The summed E-state index contributed by atoms with van der Waals surface area (Å²) in [6.07, 6.45) is 2.41. The van der Waals surface area contributed by atoms with Crippen LogP contribution in [0.3, 0.4) is 0 Å². The van der Waals surface area contributed by atoms with Crippen LogP contribution in [0.1, 0.15) is 17.3 Å². The molecule has 0 saturated heterocycles. The summed E-state index contributed by atoms with van der Waals surface area (Å²) >= 11 is 5.98. The Morgan fingerprint density at radius 1 is 1.37 bits per heavy atom. The molecule has 19 heavy (non-hydrogen) atoms. The molecule has 0 fully saturated rings. The number of nitrogens with zero attached hydrogens (tertiary/aromatic N) is 1. The maximum atomic E-state index is 5.98. The fraction of sp³-hybridized carbons (Fsp3) is 0.214. The predicted molar refractivity (Wildman–Crippen MR) is 76.0 cm³/mol. The average Bonchev–Trinajstić information content (AvgIpc) is 2.45. The Balaban J connectivity index is 2.25. The summed E-state index contributed by atoms with van der Waals surface area (Å²) in [6.45, 7) is 0. The molecule has 2 aromatic rings. The number of aromatic nitrogens is 1. The zero-order valence-electron chi connectivity index (χ0n) is 10.6. The van der Waals surface area contributed by atoms with Crippen molar-refractivity contribution in [1.29, 1.82) is 0 Å². The van der Waals surface area contributed by atoms with Crippen molar-refractivity contribution in [3.8, 4) is 5.75 Å². The molecule has 1 unspecified atom stereocenters. The molecular weight excluding hydrogens is 262 g/mol. The molecule has 0 aliphatic heterocycles. The van der Waals surface area contributed by atoms with E-state index in [9.17, 15) is 0 Å². The fourth-order valence-corrected chi connectivity index (χ4v) is 2.18. The van der Waals surface area contributed by atoms with Gasteiger partial charge in [0.2, 0.25) is 0 Å². The zero-order valence-corrected chi connectivity index (χ0v) is 11.4. The summed E-state index contributed by atoms with van der Waals surface area (Å²) in [7, 11) is 1.62. The van der Waals surface area contributed by atoms with E-state index in [4.69, 9.17) is 22.2 Å². The fourth-order valence-electron chi connectivity index (χ4n) is 1.97. The van der Waals surface area contributed by atoms with Crippen molar-refractivity contribution in [2.75, 3.05) is 7.11 Å². The highest BCUT2D eigenvalue weighted by Gasteiger charge is 2.16. The van der Waals surface area contributed by atoms with Gasteiger partial charge in [0, 0.05) is 11.2 Å². The van der Waals surface area contributed by atoms with E-state index in [2.05, 4.69) is 10.4 Å². The minimum absolute atomic E-state index is 0.130. The van der Waals surface area contributed by atoms with Gasteiger partial charge < -0.3 is 4.74 Å². The van der Waals surface area contributed by atoms with Crippen LogP contribution < -0.4 is 16.0 Å². The minimum Gasteiger partial charge on any atom is -0.495 e. The number of benzene rings is 1. The molecule has 2 rings (SSSR count). The number of nitrogens with one attached hydrogen (secondary N) is 1. The lowest BCUT2D eigenvalue weighted by Crippen LogP contribution is -2.30. The smallest absolute Gasteiger partial charge is 0.142 e. The Bertz CT molecular complexity index is 548. The van der Waals surface area contributed by atoms with E-state index < -0.39 is 0 Å². The normalized spacial score (nSPS) is 12.2. The molecule has 1 aromatic heterocycles. The number of hydrogen-bond donors (Lipinski definition) is 2. The van der Waals surface area contributed by atoms with Crippen molar-refractivity contribution in [1.82, 2.24) is 10.4 Å². The van der Waals surface area contributed by atoms with Gasteiger partial charge in [0.1, 0.15) is 11.4 Å². The summed E-state index contributed by atoms with van der Waals surface area (Å²) in [4.78, 5) is 4.34. The molecule has 0 bridgehead atoms. The predicted octanol–water partition coefficient (Wildman–Crippen LogP) is 2.49. The first-order valence-corrected chi connectivity index (χ1v) is 6.32. The van der Waals surface area contributed by atoms with Crippen LogP contribution in [0.25, 0.3) is 0 Å². The van der Waals surface area contributed by atoms with Crippen molar-refractivity contribution < 1.29 is 4.74 Å². The third-order valence-electron chi connectivity index (χ3n) is 2.88. The van der Waals surface area contributed by atoms with Gasteiger partial charge in [-0.2, -0.15) is 0 Å². The topological polar surface area (TPSA) is 60.2 Å². The Kier molecular flexibility index (Phi) is 4.74. The van der Waals surface area contributed by atoms with E-state index >= 15 is 0 Å². The number of hydrazine groups is 1. The van der Waals surface area contributed by atoms with E-state index in [1.54, 1.807) is 13.3 Å². The van der Waals surface area contributed by atoms with E-state index in [1.807, 2.05) is 36.4 Å². The Labute approximate surface area is 117 Å². The number of rotatable bonds is 5. The van der Waals surface area contributed by atoms with E-state index in [0.717, 1.165) is 11.3 Å². The van der Waals surface area contributed by atoms with Crippen LogP contribution in [0.2, 0.25) is 5.02 Å². The SMILES string of the molecule is COc1cccnc1C(Cc1cccc(Cl)c1)NN. The molecule has 1 atom stereocenters. The average molecular weight is 278 g/mol. The van der Waals surface area contributed by atoms with Gasteiger partial charge in [-0.1, -0.05) is 23.7 Å². The number of ether oxygens (including phenoxy) is 1. The highest BCUT2D eigenvalue weighted by Crippen LogP contribution is 2.25. The Hall–Kier alpha value is -1.62. The van der Waals surface area contributed by atoms with Crippen LogP contribution in [0.15, 0.2) is 42.6 Å². The van der Waals surface area contributed by atoms with Gasteiger partial charge in [-0.25, -0.2) is 0 Å². The number of hydrogen-bond acceptors (Lipinski definition) is 4. The number of halogens is 1. The molecule has 0 amide bonds. The van der Waals surface area contributed by atoms with Crippen LogP contribution in [0.5, 0.6) is 5.75 Å². The van der Waals surface area contributed by atoms with Crippen molar-refractivity contribution in [3.05, 3.63) is 58.9 Å². The molecular formula is C14H16ClN3O. The molecule has 0 spiro atoms. The standard InChI is InChI=1S/C14H16ClN3O/c1-19-13-6-3-7-17-14(13)12(18-16)9-10-4-2-5-11(15)8-10/h2-8,12,18H,9,16H2,1H3. The van der Waals surface area contributed by atoms with Gasteiger partial charge >= 0.3 is 0 Å². The van der Waals surface area contributed by atoms with Gasteiger partial charge in [-0.3, -0.25) is 16.3 Å². The molecule has 0 radical (unpaired) electrons. The molecule has 0 aliphatic carbocycles. The van der Waals surface area contributed by atoms with Crippen LogP contribution in [0, 0.1) is 0 Å². The number of nitrogens with two attached hydrogens (primary N) is 1. The lowest BCUT2D eigenvalue weighted by atomic mass is 10.0. The molecule has 5 heteroatoms. The third-order valence-corrected chi connectivity index (χ3v) is 3.11. The Morgan fingerprint density at radius 3 is 2.89 bits per heavy atom. The van der Waals surface area contributed by atoms with Crippen molar-refractivity contribution in [3.63, 3.8) is 0 Å². The largest absolute Gasteiger partial charge is 0.495 e. The highest BCUT2D eigenvalue weighted by molar-refractivity contribution is 6.30. The van der Waals surface area contributed by atoms with Gasteiger partial charge in [0.25, 0.3) is 0 Å². The van der Waals surface area contributed by atoms with Crippen molar-refractivity contribution in [2.24, 2.45) is 5.84 Å². The number of pyridine rings is 1. The summed E-state index contributed by atoms with van der Waals surface area (Å²) in [5, 5.41) is 0.709. The molecule has 0 saturated carbocycles. The minimum atomic E-state index is -0.130. The third kappa shape index (κ3) is 3.44. The number of methoxy groups -OCH3 is 1. The van der Waals surface area contributed by atoms with Crippen LogP contribution in [0.4, 0.5) is 0 Å². The zero-order chi connectivity index (χ0) is 13.7. The monoisotopic (exact) mass is 277 g/mol. The molecule has 1 aromatic carbocycles. The molecule has 3 N–H and O–H groups in total. The molecule has 4 nitrogen and oxygen atoms in total. The van der Waals surface area contributed by atoms with E-state index in [-0.39, 0.29) is 6.04 Å². The van der Waals surface area contributed by atoms with Gasteiger partial charge in [-0.05, 0) is 36.2 Å².